The average molecular weight is 598 g/mol. The molecule has 0 aliphatic rings. The van der Waals surface area contributed by atoms with E-state index in [1.807, 2.05) is 0 Å². The Bertz CT molecular complexity index is 1500. The molecule has 14 nitrogen and oxygen atoms in total. The summed E-state index contributed by atoms with van der Waals surface area (Å²) < 4.78 is 57.1. The number of carbonyl (C=O) groups is 3. The smallest absolute Gasteiger partial charge is 0.348 e. The van der Waals surface area contributed by atoms with Crippen LogP contribution in [0.4, 0.5) is 5.00 Å². The molecule has 216 valence electrons. The lowest BCUT2D eigenvalue weighted by Gasteiger charge is -2.12. The quantitative estimate of drug-likeness (QED) is 0.301. The van der Waals surface area contributed by atoms with Crippen LogP contribution in [0.15, 0.2) is 21.8 Å². The molecule has 0 unspecified atom stereocenters. The van der Waals surface area contributed by atoms with Crippen LogP contribution in [0.25, 0.3) is 11.5 Å². The van der Waals surface area contributed by atoms with Crippen molar-refractivity contribution in [3.8, 4) is 28.7 Å². The van der Waals surface area contributed by atoms with Crippen LogP contribution >= 0.6 is 11.3 Å². The normalized spacial score (nSPS) is 11.1. The summed E-state index contributed by atoms with van der Waals surface area (Å²) in [5.74, 6) is -2.96. The Hall–Kier alpha value is -4.18. The number of amides is 1. The van der Waals surface area contributed by atoms with Crippen LogP contribution in [0.3, 0.4) is 0 Å². The van der Waals surface area contributed by atoms with Crippen molar-refractivity contribution in [2.75, 3.05) is 45.6 Å². The van der Waals surface area contributed by atoms with Crippen LogP contribution in [0.2, 0.25) is 0 Å². The monoisotopic (exact) mass is 597 g/mol. The number of nitrogens with one attached hydrogen (secondary N) is 1. The van der Waals surface area contributed by atoms with E-state index in [2.05, 4.69) is 15.5 Å². The lowest BCUT2D eigenvalue weighted by Crippen LogP contribution is -2.24. The van der Waals surface area contributed by atoms with E-state index in [0.717, 1.165) is 11.3 Å². The second-order valence-electron chi connectivity index (χ2n) is 7.80. The third-order valence-electron chi connectivity index (χ3n) is 5.25. The topological polar surface area (TPSA) is 182 Å². The molecule has 0 radical (unpaired) electrons. The molecule has 0 atom stereocenters. The zero-order valence-corrected chi connectivity index (χ0v) is 24.1. The average Bonchev–Trinajstić information content (AvgIpc) is 3.53. The van der Waals surface area contributed by atoms with Gasteiger partial charge in [-0.05, 0) is 38.5 Å². The standard InChI is InChI=1S/C24H27N3O11S2/c1-7-36-22(29)17-12(3)19(23(30)37-8-2)39-21(17)25-16(28)11-40(31,32)24-27-26-20(38-24)13-9-14(33-4)18(35-6)15(10-13)34-5/h9-10H,7-8,11H2,1-6H3,(H,25,28). The van der Waals surface area contributed by atoms with Crippen molar-refractivity contribution in [3.05, 3.63) is 28.1 Å². The first-order chi connectivity index (χ1) is 19.0. The number of hydrogen-bond donors (Lipinski definition) is 1. The van der Waals surface area contributed by atoms with Gasteiger partial charge in [-0.3, -0.25) is 4.79 Å². The largest absolute Gasteiger partial charge is 0.493 e. The number of sulfone groups is 1. The minimum atomic E-state index is -4.43. The SMILES string of the molecule is CCOC(=O)c1sc(NC(=O)CS(=O)(=O)c2nnc(-c3cc(OC)c(OC)c(OC)c3)o2)c(C(=O)OCC)c1C. The van der Waals surface area contributed by atoms with Crippen molar-refractivity contribution in [3.63, 3.8) is 0 Å². The van der Waals surface area contributed by atoms with E-state index in [-0.39, 0.29) is 57.2 Å². The van der Waals surface area contributed by atoms with Crippen molar-refractivity contribution in [1.29, 1.82) is 0 Å². The maximum atomic E-state index is 12.9. The van der Waals surface area contributed by atoms with E-state index < -0.39 is 38.7 Å². The first kappa shape index (κ1) is 30.4. The Morgan fingerprint density at radius 1 is 0.950 bits per heavy atom. The molecule has 0 bridgehead atoms. The number of anilines is 1. The third kappa shape index (κ3) is 6.34. The summed E-state index contributed by atoms with van der Waals surface area (Å²) >= 11 is 0.762. The van der Waals surface area contributed by atoms with Crippen LogP contribution in [0.1, 0.15) is 39.4 Å². The third-order valence-corrected chi connectivity index (χ3v) is 7.77. The van der Waals surface area contributed by atoms with E-state index in [1.165, 1.54) is 40.4 Å². The highest BCUT2D eigenvalue weighted by atomic mass is 32.2. The van der Waals surface area contributed by atoms with Gasteiger partial charge < -0.3 is 33.4 Å². The van der Waals surface area contributed by atoms with Crippen molar-refractivity contribution >= 4 is 44.0 Å². The van der Waals surface area contributed by atoms with Gasteiger partial charge in [-0.15, -0.1) is 16.4 Å². The van der Waals surface area contributed by atoms with Gasteiger partial charge in [0, 0.05) is 5.56 Å². The molecule has 40 heavy (non-hydrogen) atoms. The van der Waals surface area contributed by atoms with Crippen molar-refractivity contribution in [2.24, 2.45) is 0 Å². The molecule has 0 spiro atoms. The highest BCUT2D eigenvalue weighted by Gasteiger charge is 2.31. The molecule has 0 saturated carbocycles. The van der Waals surface area contributed by atoms with E-state index in [1.54, 1.807) is 13.8 Å². The highest BCUT2D eigenvalue weighted by molar-refractivity contribution is 7.91. The summed E-state index contributed by atoms with van der Waals surface area (Å²) in [4.78, 5) is 37.7. The molecule has 16 heteroatoms. The summed E-state index contributed by atoms with van der Waals surface area (Å²) in [5.41, 5.74) is 0.419. The summed E-state index contributed by atoms with van der Waals surface area (Å²) in [7, 11) is -0.193. The minimum absolute atomic E-state index is 0.0378. The molecule has 1 N–H and O–H groups in total. The zero-order valence-electron chi connectivity index (χ0n) is 22.5. The molecule has 3 aromatic rings. The molecule has 0 fully saturated rings. The first-order valence-corrected chi connectivity index (χ1v) is 14.1. The van der Waals surface area contributed by atoms with Crippen molar-refractivity contribution < 1.29 is 50.9 Å². The van der Waals surface area contributed by atoms with Gasteiger partial charge in [0.2, 0.25) is 27.4 Å². The van der Waals surface area contributed by atoms with Crippen LogP contribution in [-0.4, -0.2) is 76.8 Å². The Morgan fingerprint density at radius 3 is 2.10 bits per heavy atom. The molecule has 1 amide bonds. The van der Waals surface area contributed by atoms with Crippen LogP contribution in [0, 0.1) is 6.92 Å². The van der Waals surface area contributed by atoms with Gasteiger partial charge >= 0.3 is 17.2 Å². The number of ether oxygens (including phenoxy) is 5. The fourth-order valence-electron chi connectivity index (χ4n) is 3.50. The van der Waals surface area contributed by atoms with Gasteiger partial charge in [0.1, 0.15) is 15.6 Å². The summed E-state index contributed by atoms with van der Waals surface area (Å²) in [6.07, 6.45) is 0. The molecular formula is C24H27N3O11S2. The predicted octanol–water partition coefficient (Wildman–Crippen LogP) is 2.90. The molecule has 0 aliphatic heterocycles. The number of hydrogen-bond acceptors (Lipinski definition) is 14. The predicted molar refractivity (Wildman–Crippen MR) is 141 cm³/mol. The first-order valence-electron chi connectivity index (χ1n) is 11.6. The number of methoxy groups -OCH3 is 3. The van der Waals surface area contributed by atoms with Crippen molar-refractivity contribution in [2.45, 2.75) is 26.0 Å². The van der Waals surface area contributed by atoms with Gasteiger partial charge in [0.25, 0.3) is 0 Å². The number of nitrogens with zero attached hydrogens (tertiary/aromatic N) is 2. The van der Waals surface area contributed by atoms with E-state index in [9.17, 15) is 22.8 Å². The Labute approximate surface area is 233 Å². The maximum Gasteiger partial charge on any atom is 0.348 e. The van der Waals surface area contributed by atoms with Gasteiger partial charge in [-0.1, -0.05) is 5.10 Å². The fourth-order valence-corrected chi connectivity index (χ4v) is 5.51. The van der Waals surface area contributed by atoms with Crippen LogP contribution < -0.4 is 19.5 Å². The highest BCUT2D eigenvalue weighted by Crippen LogP contribution is 2.41. The molecular weight excluding hydrogens is 570 g/mol. The number of thiophene rings is 1. The van der Waals surface area contributed by atoms with Gasteiger partial charge in [0.05, 0.1) is 40.1 Å². The molecule has 2 heterocycles. The molecule has 2 aromatic heterocycles. The second-order valence-corrected chi connectivity index (χ2v) is 10.7. The number of aromatic nitrogens is 2. The fraction of sp³-hybridized carbons (Fsp3) is 0.375. The molecule has 0 saturated heterocycles. The number of benzene rings is 1. The van der Waals surface area contributed by atoms with Gasteiger partial charge in [-0.25, -0.2) is 18.0 Å². The van der Waals surface area contributed by atoms with Crippen LogP contribution in [0.5, 0.6) is 17.2 Å². The number of esters is 2. The molecule has 3 rings (SSSR count). The lowest BCUT2D eigenvalue weighted by atomic mass is 10.1. The zero-order chi connectivity index (χ0) is 29.6. The minimum Gasteiger partial charge on any atom is -0.493 e. The molecule has 1 aromatic carbocycles. The van der Waals surface area contributed by atoms with Crippen LogP contribution in [-0.2, 0) is 24.1 Å². The second kappa shape index (κ2) is 12.8. The number of carbonyl (C=O) groups excluding carboxylic acids is 3. The summed E-state index contributed by atoms with van der Waals surface area (Å²) in [6, 6.07) is 2.96. The van der Waals surface area contributed by atoms with Gasteiger partial charge in [-0.2, -0.15) is 0 Å². The molecule has 0 aliphatic carbocycles. The Kier molecular flexibility index (Phi) is 9.70. The van der Waals surface area contributed by atoms with E-state index in [0.29, 0.717) is 5.75 Å². The summed E-state index contributed by atoms with van der Waals surface area (Å²) in [6.45, 7) is 4.83. The Morgan fingerprint density at radius 2 is 1.55 bits per heavy atom. The van der Waals surface area contributed by atoms with Crippen molar-refractivity contribution in [1.82, 2.24) is 10.2 Å². The van der Waals surface area contributed by atoms with E-state index >= 15 is 0 Å². The van der Waals surface area contributed by atoms with Gasteiger partial charge in [0.15, 0.2) is 11.5 Å². The maximum absolute atomic E-state index is 12.9. The summed E-state index contributed by atoms with van der Waals surface area (Å²) in [5, 5.41) is 8.84. The Balaban J connectivity index is 1.87. The lowest BCUT2D eigenvalue weighted by molar-refractivity contribution is -0.113. The number of rotatable bonds is 12. The van der Waals surface area contributed by atoms with E-state index in [4.69, 9.17) is 28.1 Å².